The summed E-state index contributed by atoms with van der Waals surface area (Å²) in [6.45, 7) is 1.43. The minimum absolute atomic E-state index is 0.0226. The average molecular weight is 228 g/mol. The summed E-state index contributed by atoms with van der Waals surface area (Å²) in [5.74, 6) is -0.841. The van der Waals surface area contributed by atoms with Gasteiger partial charge in [0.05, 0.1) is 6.42 Å². The topological polar surface area (TPSA) is 66.6 Å². The molecule has 0 saturated carbocycles. The highest BCUT2D eigenvalue weighted by atomic mass is 32.1. The number of carboxylic acid groups (broad SMARTS) is 1. The van der Waals surface area contributed by atoms with Crippen molar-refractivity contribution in [3.63, 3.8) is 0 Å². The second-order valence-electron chi connectivity index (χ2n) is 3.63. The van der Waals surface area contributed by atoms with E-state index in [1.807, 2.05) is 23.4 Å². The maximum absolute atomic E-state index is 10.4. The van der Waals surface area contributed by atoms with Crippen molar-refractivity contribution < 1.29 is 9.90 Å². The van der Waals surface area contributed by atoms with Crippen LogP contribution in [0, 0.1) is 0 Å². The van der Waals surface area contributed by atoms with E-state index in [4.69, 9.17) is 10.8 Å². The molecule has 1 unspecified atom stereocenters. The lowest BCUT2D eigenvalue weighted by molar-refractivity contribution is -0.137. The number of hydrogen-bond donors (Lipinski definition) is 2. The van der Waals surface area contributed by atoms with Crippen LogP contribution in [0.15, 0.2) is 17.5 Å². The molecule has 0 aromatic carbocycles. The summed E-state index contributed by atoms with van der Waals surface area (Å²) in [6, 6.07) is 3.77. The third-order valence-corrected chi connectivity index (χ3v) is 2.85. The molecular weight excluding hydrogens is 212 g/mol. The molecule has 1 heterocycles. The van der Waals surface area contributed by atoms with Gasteiger partial charge in [-0.25, -0.2) is 0 Å². The summed E-state index contributed by atoms with van der Waals surface area (Å²) in [5, 5.41) is 10.6. The molecule has 1 aromatic rings. The Hall–Kier alpha value is -0.910. The molecular formula is C10H16N2O2S. The van der Waals surface area contributed by atoms with Crippen molar-refractivity contribution in [3.8, 4) is 0 Å². The Labute approximate surface area is 93.3 Å². The van der Waals surface area contributed by atoms with Gasteiger partial charge in [-0.3, -0.25) is 9.69 Å². The van der Waals surface area contributed by atoms with Crippen LogP contribution in [0.2, 0.25) is 0 Å². The van der Waals surface area contributed by atoms with E-state index in [0.29, 0.717) is 6.54 Å². The van der Waals surface area contributed by atoms with Crippen molar-refractivity contribution in [2.24, 2.45) is 5.73 Å². The van der Waals surface area contributed by atoms with Crippen molar-refractivity contribution in [3.05, 3.63) is 22.4 Å². The standard InChI is InChI=1S/C10H16N2O2S/c1-12(6-8(11)5-10(13)14)7-9-3-2-4-15-9/h2-4,8H,5-7,11H2,1H3,(H,13,14). The van der Waals surface area contributed by atoms with Gasteiger partial charge < -0.3 is 10.8 Å². The Kier molecular flexibility index (Phi) is 4.74. The first-order valence-electron chi connectivity index (χ1n) is 4.76. The first-order valence-corrected chi connectivity index (χ1v) is 5.64. The van der Waals surface area contributed by atoms with Gasteiger partial charge in [-0.1, -0.05) is 6.07 Å². The fourth-order valence-electron chi connectivity index (χ4n) is 1.42. The number of nitrogens with zero attached hydrogens (tertiary/aromatic N) is 1. The van der Waals surface area contributed by atoms with Crippen molar-refractivity contribution in [2.45, 2.75) is 19.0 Å². The third-order valence-electron chi connectivity index (χ3n) is 1.99. The Morgan fingerprint density at radius 1 is 1.73 bits per heavy atom. The zero-order valence-corrected chi connectivity index (χ0v) is 9.54. The first kappa shape index (κ1) is 12.2. The lowest BCUT2D eigenvalue weighted by Crippen LogP contribution is -2.36. The maximum Gasteiger partial charge on any atom is 0.304 e. The Morgan fingerprint density at radius 3 is 3.00 bits per heavy atom. The van der Waals surface area contributed by atoms with Crippen LogP contribution in [0.3, 0.4) is 0 Å². The predicted molar refractivity (Wildman–Crippen MR) is 60.9 cm³/mol. The predicted octanol–water partition coefficient (Wildman–Crippen LogP) is 0.982. The van der Waals surface area contributed by atoms with Gasteiger partial charge in [0.25, 0.3) is 0 Å². The number of carboxylic acids is 1. The van der Waals surface area contributed by atoms with E-state index in [2.05, 4.69) is 6.07 Å². The summed E-state index contributed by atoms with van der Waals surface area (Å²) in [7, 11) is 1.95. The minimum Gasteiger partial charge on any atom is -0.481 e. The quantitative estimate of drug-likeness (QED) is 0.761. The number of likely N-dealkylation sites (N-methyl/N-ethyl adjacent to an activating group) is 1. The largest absolute Gasteiger partial charge is 0.481 e. The van der Waals surface area contributed by atoms with Crippen LogP contribution >= 0.6 is 11.3 Å². The Bertz CT molecular complexity index is 300. The zero-order chi connectivity index (χ0) is 11.3. The molecule has 0 radical (unpaired) electrons. The van der Waals surface area contributed by atoms with E-state index >= 15 is 0 Å². The van der Waals surface area contributed by atoms with Crippen LogP contribution in [-0.4, -0.2) is 35.6 Å². The van der Waals surface area contributed by atoms with Crippen LogP contribution < -0.4 is 5.73 Å². The van der Waals surface area contributed by atoms with Gasteiger partial charge in [0, 0.05) is 24.0 Å². The monoisotopic (exact) mass is 228 g/mol. The third kappa shape index (κ3) is 4.92. The molecule has 15 heavy (non-hydrogen) atoms. The molecule has 84 valence electrons. The fourth-order valence-corrected chi connectivity index (χ4v) is 2.21. The fraction of sp³-hybridized carbons (Fsp3) is 0.500. The molecule has 0 bridgehead atoms. The smallest absolute Gasteiger partial charge is 0.304 e. The summed E-state index contributed by atoms with van der Waals surface area (Å²) in [4.78, 5) is 13.7. The lowest BCUT2D eigenvalue weighted by atomic mass is 10.2. The van der Waals surface area contributed by atoms with Crippen LogP contribution in [0.4, 0.5) is 0 Å². The van der Waals surface area contributed by atoms with Gasteiger partial charge in [-0.2, -0.15) is 0 Å². The molecule has 1 rings (SSSR count). The van der Waals surface area contributed by atoms with E-state index in [1.54, 1.807) is 11.3 Å². The van der Waals surface area contributed by atoms with Crippen LogP contribution in [0.25, 0.3) is 0 Å². The van der Waals surface area contributed by atoms with Crippen molar-refractivity contribution in [2.75, 3.05) is 13.6 Å². The van der Waals surface area contributed by atoms with E-state index < -0.39 is 5.97 Å². The molecule has 3 N–H and O–H groups in total. The van der Waals surface area contributed by atoms with Crippen LogP contribution in [0.5, 0.6) is 0 Å². The lowest BCUT2D eigenvalue weighted by Gasteiger charge is -2.19. The molecule has 0 amide bonds. The normalized spacial score (nSPS) is 13.0. The minimum atomic E-state index is -0.841. The Balaban J connectivity index is 2.29. The van der Waals surface area contributed by atoms with Gasteiger partial charge >= 0.3 is 5.97 Å². The number of rotatable bonds is 6. The van der Waals surface area contributed by atoms with Crippen LogP contribution in [0.1, 0.15) is 11.3 Å². The highest BCUT2D eigenvalue weighted by Gasteiger charge is 2.11. The van der Waals surface area contributed by atoms with Crippen LogP contribution in [-0.2, 0) is 11.3 Å². The van der Waals surface area contributed by atoms with Gasteiger partial charge in [0.1, 0.15) is 0 Å². The first-order chi connectivity index (χ1) is 7.08. The maximum atomic E-state index is 10.4. The molecule has 5 heteroatoms. The molecule has 4 nitrogen and oxygen atoms in total. The van der Waals surface area contributed by atoms with E-state index in [-0.39, 0.29) is 12.5 Å². The van der Waals surface area contributed by atoms with E-state index in [1.165, 1.54) is 4.88 Å². The Morgan fingerprint density at radius 2 is 2.47 bits per heavy atom. The summed E-state index contributed by atoms with van der Waals surface area (Å²) >= 11 is 1.69. The highest BCUT2D eigenvalue weighted by molar-refractivity contribution is 7.09. The second-order valence-corrected chi connectivity index (χ2v) is 4.67. The summed E-state index contributed by atoms with van der Waals surface area (Å²) in [6.07, 6.45) is 0.0226. The van der Waals surface area contributed by atoms with Crippen molar-refractivity contribution >= 4 is 17.3 Å². The molecule has 1 atom stereocenters. The number of carbonyl (C=O) groups is 1. The van der Waals surface area contributed by atoms with E-state index in [0.717, 1.165) is 6.54 Å². The zero-order valence-electron chi connectivity index (χ0n) is 8.72. The average Bonchev–Trinajstić information content (AvgIpc) is 2.53. The number of thiophene rings is 1. The molecule has 0 aliphatic heterocycles. The molecule has 0 aliphatic carbocycles. The second kappa shape index (κ2) is 5.85. The molecule has 0 fully saturated rings. The summed E-state index contributed by atoms with van der Waals surface area (Å²) in [5.41, 5.74) is 5.69. The van der Waals surface area contributed by atoms with Gasteiger partial charge in [0.15, 0.2) is 0 Å². The summed E-state index contributed by atoms with van der Waals surface area (Å²) < 4.78 is 0. The molecule has 0 saturated heterocycles. The van der Waals surface area contributed by atoms with Gasteiger partial charge in [0.2, 0.25) is 0 Å². The van der Waals surface area contributed by atoms with Crippen molar-refractivity contribution in [1.29, 1.82) is 0 Å². The molecule has 1 aromatic heterocycles. The van der Waals surface area contributed by atoms with E-state index in [9.17, 15) is 4.79 Å². The number of hydrogen-bond acceptors (Lipinski definition) is 4. The number of aliphatic carboxylic acids is 1. The van der Waals surface area contributed by atoms with Gasteiger partial charge in [-0.05, 0) is 18.5 Å². The SMILES string of the molecule is CN(Cc1cccs1)CC(N)CC(=O)O. The number of nitrogens with two attached hydrogens (primary N) is 1. The molecule has 0 spiro atoms. The highest BCUT2D eigenvalue weighted by Crippen LogP contribution is 2.10. The molecule has 0 aliphatic rings. The van der Waals surface area contributed by atoms with Gasteiger partial charge in [-0.15, -0.1) is 11.3 Å². The van der Waals surface area contributed by atoms with Crippen molar-refractivity contribution in [1.82, 2.24) is 4.90 Å².